The normalized spacial score (nSPS) is 18.0. The number of carbonyl (C=O) groups excluding carboxylic acids is 1. The van der Waals surface area contributed by atoms with E-state index in [0.29, 0.717) is 26.8 Å². The average molecular weight is 372 g/mol. The number of nitrogens with zero attached hydrogens (tertiary/aromatic N) is 3. The first-order valence-corrected chi connectivity index (χ1v) is 9.12. The second-order valence-electron chi connectivity index (χ2n) is 6.00. The molecule has 1 aliphatic heterocycles. The largest absolute Gasteiger partial charge is 0.290 e. The molecule has 128 valence electrons. The SMILES string of the molecule is CC(C)c1ccc(/C=C2\SC(=Nc3cccnc3Cl)N(C)C2=O)cc1. The number of carbonyl (C=O) groups is 1. The Morgan fingerprint density at radius 3 is 2.60 bits per heavy atom. The Kier molecular flexibility index (Phi) is 5.25. The summed E-state index contributed by atoms with van der Waals surface area (Å²) in [5, 5.41) is 0.906. The highest BCUT2D eigenvalue weighted by molar-refractivity contribution is 8.18. The lowest BCUT2D eigenvalue weighted by atomic mass is 10.0. The van der Waals surface area contributed by atoms with Crippen molar-refractivity contribution in [3.63, 3.8) is 0 Å². The number of amidine groups is 1. The van der Waals surface area contributed by atoms with Crippen molar-refractivity contribution < 1.29 is 4.79 Å². The molecule has 25 heavy (non-hydrogen) atoms. The predicted octanol–water partition coefficient (Wildman–Crippen LogP) is 5.09. The molecule has 2 heterocycles. The summed E-state index contributed by atoms with van der Waals surface area (Å²) in [6, 6.07) is 11.8. The van der Waals surface area contributed by atoms with Crippen LogP contribution in [0.15, 0.2) is 52.5 Å². The van der Waals surface area contributed by atoms with Crippen molar-refractivity contribution in [3.8, 4) is 0 Å². The number of halogens is 1. The van der Waals surface area contributed by atoms with E-state index in [-0.39, 0.29) is 5.91 Å². The van der Waals surface area contributed by atoms with Gasteiger partial charge in [0.15, 0.2) is 10.3 Å². The van der Waals surface area contributed by atoms with Crippen LogP contribution in [-0.4, -0.2) is 28.0 Å². The maximum absolute atomic E-state index is 12.5. The number of aliphatic imine (C=N–C) groups is 1. The topological polar surface area (TPSA) is 45.6 Å². The number of benzene rings is 1. The van der Waals surface area contributed by atoms with E-state index in [9.17, 15) is 4.79 Å². The summed E-state index contributed by atoms with van der Waals surface area (Å²) in [6.07, 6.45) is 3.50. The Labute approximate surface area is 156 Å². The van der Waals surface area contributed by atoms with E-state index in [1.165, 1.54) is 22.2 Å². The van der Waals surface area contributed by atoms with Gasteiger partial charge in [0.2, 0.25) is 0 Å². The Morgan fingerprint density at radius 2 is 1.96 bits per heavy atom. The first-order valence-electron chi connectivity index (χ1n) is 7.92. The molecule has 0 N–H and O–H groups in total. The van der Waals surface area contributed by atoms with Gasteiger partial charge in [-0.15, -0.1) is 0 Å². The third-order valence-electron chi connectivity index (χ3n) is 3.86. The highest BCUT2D eigenvalue weighted by Crippen LogP contribution is 2.34. The number of aromatic nitrogens is 1. The fourth-order valence-corrected chi connectivity index (χ4v) is 3.49. The van der Waals surface area contributed by atoms with Crippen LogP contribution in [0.5, 0.6) is 0 Å². The molecule has 1 aromatic carbocycles. The zero-order valence-electron chi connectivity index (χ0n) is 14.2. The molecule has 0 aliphatic carbocycles. The van der Waals surface area contributed by atoms with Crippen molar-refractivity contribution in [1.82, 2.24) is 9.88 Å². The van der Waals surface area contributed by atoms with Crippen molar-refractivity contribution in [2.24, 2.45) is 4.99 Å². The number of hydrogen-bond donors (Lipinski definition) is 0. The highest BCUT2D eigenvalue weighted by atomic mass is 35.5. The first kappa shape index (κ1) is 17.7. The van der Waals surface area contributed by atoms with Gasteiger partial charge in [0.05, 0.1) is 4.91 Å². The molecule has 1 amide bonds. The number of pyridine rings is 1. The number of thioether (sulfide) groups is 1. The van der Waals surface area contributed by atoms with Gasteiger partial charge in [-0.1, -0.05) is 49.7 Å². The minimum Gasteiger partial charge on any atom is -0.290 e. The molecule has 0 unspecified atom stereocenters. The molecule has 6 heteroatoms. The fraction of sp³-hybridized carbons (Fsp3) is 0.211. The molecule has 1 saturated heterocycles. The van der Waals surface area contributed by atoms with E-state index in [4.69, 9.17) is 11.6 Å². The van der Waals surface area contributed by atoms with Crippen LogP contribution in [0.25, 0.3) is 6.08 Å². The second-order valence-corrected chi connectivity index (χ2v) is 7.37. The molecular formula is C19H18ClN3OS. The Morgan fingerprint density at radius 1 is 1.24 bits per heavy atom. The van der Waals surface area contributed by atoms with Gasteiger partial charge in [0, 0.05) is 13.2 Å². The molecule has 0 saturated carbocycles. The van der Waals surface area contributed by atoms with Crippen LogP contribution < -0.4 is 0 Å². The summed E-state index contributed by atoms with van der Waals surface area (Å²) < 4.78 is 0. The van der Waals surface area contributed by atoms with Crippen molar-refractivity contribution in [2.45, 2.75) is 19.8 Å². The Hall–Kier alpha value is -2.11. The van der Waals surface area contributed by atoms with Gasteiger partial charge < -0.3 is 0 Å². The van der Waals surface area contributed by atoms with Gasteiger partial charge in [-0.05, 0) is 47.0 Å². The molecule has 0 radical (unpaired) electrons. The van der Waals surface area contributed by atoms with Crippen molar-refractivity contribution in [3.05, 3.63) is 63.8 Å². The van der Waals surface area contributed by atoms with E-state index in [1.807, 2.05) is 18.2 Å². The summed E-state index contributed by atoms with van der Waals surface area (Å²) >= 11 is 7.38. The van der Waals surface area contributed by atoms with E-state index < -0.39 is 0 Å². The van der Waals surface area contributed by atoms with E-state index in [0.717, 1.165) is 5.56 Å². The van der Waals surface area contributed by atoms with E-state index in [1.54, 1.807) is 25.4 Å². The second kappa shape index (κ2) is 7.42. The molecule has 1 aromatic heterocycles. The number of likely N-dealkylation sites (N-methyl/N-ethyl adjacent to an activating group) is 1. The summed E-state index contributed by atoms with van der Waals surface area (Å²) in [5.74, 6) is 0.412. The smallest absolute Gasteiger partial charge is 0.266 e. The lowest BCUT2D eigenvalue weighted by Crippen LogP contribution is -2.23. The molecule has 0 atom stereocenters. The summed E-state index contributed by atoms with van der Waals surface area (Å²) in [6.45, 7) is 4.32. The lowest BCUT2D eigenvalue weighted by molar-refractivity contribution is -0.121. The van der Waals surface area contributed by atoms with Gasteiger partial charge in [0.1, 0.15) is 5.69 Å². The minimum absolute atomic E-state index is 0.0725. The van der Waals surface area contributed by atoms with Crippen LogP contribution in [-0.2, 0) is 4.79 Å². The molecule has 0 spiro atoms. The molecule has 1 fully saturated rings. The van der Waals surface area contributed by atoms with Gasteiger partial charge in [-0.2, -0.15) is 0 Å². The predicted molar refractivity (Wildman–Crippen MR) is 105 cm³/mol. The highest BCUT2D eigenvalue weighted by Gasteiger charge is 2.30. The monoisotopic (exact) mass is 371 g/mol. The van der Waals surface area contributed by atoms with Gasteiger partial charge in [-0.25, -0.2) is 9.98 Å². The number of hydrogen-bond acceptors (Lipinski definition) is 4. The fourth-order valence-electron chi connectivity index (χ4n) is 2.34. The zero-order valence-corrected chi connectivity index (χ0v) is 15.8. The van der Waals surface area contributed by atoms with E-state index >= 15 is 0 Å². The van der Waals surface area contributed by atoms with Crippen molar-refractivity contribution in [2.75, 3.05) is 7.05 Å². The van der Waals surface area contributed by atoms with Crippen LogP contribution in [0.2, 0.25) is 5.15 Å². The number of rotatable bonds is 3. The average Bonchev–Trinajstić information content (AvgIpc) is 2.85. The minimum atomic E-state index is -0.0725. The zero-order chi connectivity index (χ0) is 18.0. The molecule has 0 bridgehead atoms. The number of amides is 1. The Bertz CT molecular complexity index is 859. The third kappa shape index (κ3) is 3.94. The molecule has 3 rings (SSSR count). The standard InChI is InChI=1S/C19H18ClN3OS/c1-12(2)14-8-6-13(7-9-14)11-16-18(24)23(3)19(25-16)22-15-5-4-10-21-17(15)20/h4-12H,1-3H3/b16-11-,22-19?. The van der Waals surface area contributed by atoms with Crippen LogP contribution in [0.3, 0.4) is 0 Å². The quantitative estimate of drug-likeness (QED) is 0.557. The molecular weight excluding hydrogens is 354 g/mol. The summed E-state index contributed by atoms with van der Waals surface area (Å²) in [7, 11) is 1.71. The van der Waals surface area contributed by atoms with Crippen LogP contribution in [0, 0.1) is 0 Å². The third-order valence-corrected chi connectivity index (χ3v) is 5.21. The summed E-state index contributed by atoms with van der Waals surface area (Å²) in [4.78, 5) is 23.1. The van der Waals surface area contributed by atoms with Gasteiger partial charge in [-0.3, -0.25) is 9.69 Å². The van der Waals surface area contributed by atoms with Gasteiger partial charge >= 0.3 is 0 Å². The van der Waals surface area contributed by atoms with Crippen molar-refractivity contribution >= 4 is 46.2 Å². The van der Waals surface area contributed by atoms with E-state index in [2.05, 4.69) is 36.0 Å². The summed E-state index contributed by atoms with van der Waals surface area (Å²) in [5.41, 5.74) is 2.82. The van der Waals surface area contributed by atoms with Crippen molar-refractivity contribution in [1.29, 1.82) is 0 Å². The maximum Gasteiger partial charge on any atom is 0.266 e. The van der Waals surface area contributed by atoms with Crippen LogP contribution in [0.1, 0.15) is 30.9 Å². The maximum atomic E-state index is 12.5. The Balaban J connectivity index is 1.87. The molecule has 1 aliphatic rings. The van der Waals surface area contributed by atoms with Crippen LogP contribution >= 0.6 is 23.4 Å². The lowest BCUT2D eigenvalue weighted by Gasteiger charge is -2.07. The first-order chi connectivity index (χ1) is 12.0. The van der Waals surface area contributed by atoms with Gasteiger partial charge in [0.25, 0.3) is 5.91 Å². The molecule has 2 aromatic rings. The molecule has 4 nitrogen and oxygen atoms in total. The van der Waals surface area contributed by atoms with Crippen LogP contribution in [0.4, 0.5) is 5.69 Å².